The Morgan fingerprint density at radius 3 is 2.50 bits per heavy atom. The van der Waals surface area contributed by atoms with E-state index in [9.17, 15) is 4.79 Å². The fourth-order valence-corrected chi connectivity index (χ4v) is 2.56. The average molecular weight is 337 g/mol. The highest BCUT2D eigenvalue weighted by Crippen LogP contribution is 2.29. The Morgan fingerprint density at radius 2 is 1.82 bits per heavy atom. The number of nitrogens with one attached hydrogen (secondary N) is 1. The van der Waals surface area contributed by atoms with Crippen molar-refractivity contribution in [2.75, 3.05) is 23.3 Å². The molecule has 0 radical (unpaired) electrons. The number of rotatable bonds is 6. The van der Waals surface area contributed by atoms with Crippen LogP contribution in [0.2, 0.25) is 10.0 Å². The normalized spacial score (nSPS) is 10.3. The number of carbonyl (C=O) groups is 1. The van der Waals surface area contributed by atoms with E-state index in [0.717, 1.165) is 11.4 Å². The number of halogens is 2. The van der Waals surface area contributed by atoms with Gasteiger partial charge in [-0.1, -0.05) is 47.5 Å². The van der Waals surface area contributed by atoms with Crippen molar-refractivity contribution in [1.82, 2.24) is 0 Å². The quantitative estimate of drug-likeness (QED) is 0.817. The summed E-state index contributed by atoms with van der Waals surface area (Å²) in [5, 5.41) is 4.13. The zero-order valence-corrected chi connectivity index (χ0v) is 13.9. The highest BCUT2D eigenvalue weighted by atomic mass is 35.5. The Morgan fingerprint density at radius 1 is 1.09 bits per heavy atom. The molecule has 2 aromatic carbocycles. The first kappa shape index (κ1) is 16.7. The Bertz CT molecular complexity index is 632. The van der Waals surface area contributed by atoms with E-state index in [4.69, 9.17) is 23.2 Å². The second-order valence-corrected chi connectivity index (χ2v) is 5.54. The Hall–Kier alpha value is -1.71. The molecule has 0 aliphatic rings. The number of benzene rings is 2. The van der Waals surface area contributed by atoms with Crippen LogP contribution in [0.1, 0.15) is 13.3 Å². The summed E-state index contributed by atoms with van der Waals surface area (Å²) < 4.78 is 0. The molecular formula is C17H18Cl2N2O. The molecule has 0 aliphatic heterocycles. The molecule has 2 aromatic rings. The topological polar surface area (TPSA) is 32.3 Å². The van der Waals surface area contributed by atoms with Crippen LogP contribution in [0.4, 0.5) is 11.4 Å². The van der Waals surface area contributed by atoms with Crippen LogP contribution in [0.25, 0.3) is 0 Å². The van der Waals surface area contributed by atoms with Crippen LogP contribution in [0.3, 0.4) is 0 Å². The first-order chi connectivity index (χ1) is 10.6. The van der Waals surface area contributed by atoms with Crippen molar-refractivity contribution in [3.05, 3.63) is 58.6 Å². The zero-order chi connectivity index (χ0) is 15.9. The predicted octanol–water partition coefficient (Wildman–Crippen LogP) is 4.85. The lowest BCUT2D eigenvalue weighted by Crippen LogP contribution is -2.31. The van der Waals surface area contributed by atoms with Gasteiger partial charge in [-0.05, 0) is 31.2 Å². The van der Waals surface area contributed by atoms with Crippen LogP contribution in [-0.2, 0) is 4.79 Å². The Balaban J connectivity index is 1.93. The lowest BCUT2D eigenvalue weighted by atomic mass is 10.2. The smallest absolute Gasteiger partial charge is 0.228 e. The third kappa shape index (κ3) is 4.15. The van der Waals surface area contributed by atoms with Gasteiger partial charge in [-0.15, -0.1) is 0 Å². The molecule has 0 unspecified atom stereocenters. The van der Waals surface area contributed by atoms with Gasteiger partial charge in [0.1, 0.15) is 0 Å². The summed E-state index contributed by atoms with van der Waals surface area (Å²) in [6.07, 6.45) is 0.381. The second kappa shape index (κ2) is 8.06. The summed E-state index contributed by atoms with van der Waals surface area (Å²) in [7, 11) is 0. The SMILES string of the molecule is CCN(C(=O)CCNc1cccc(Cl)c1Cl)c1ccccc1. The number of para-hydroxylation sites is 1. The van der Waals surface area contributed by atoms with Crippen LogP contribution in [-0.4, -0.2) is 19.0 Å². The van der Waals surface area contributed by atoms with Crippen molar-refractivity contribution >= 4 is 40.5 Å². The standard InChI is InChI=1S/C17H18Cl2N2O/c1-2-21(13-7-4-3-5-8-13)16(22)11-12-20-15-10-6-9-14(18)17(15)19/h3-10,20H,2,11-12H2,1H3. The summed E-state index contributed by atoms with van der Waals surface area (Å²) in [6.45, 7) is 3.11. The molecule has 3 nitrogen and oxygen atoms in total. The van der Waals surface area contributed by atoms with Gasteiger partial charge in [0, 0.05) is 25.2 Å². The lowest BCUT2D eigenvalue weighted by Gasteiger charge is -2.21. The molecule has 0 heterocycles. The van der Waals surface area contributed by atoms with Gasteiger partial charge >= 0.3 is 0 Å². The van der Waals surface area contributed by atoms with Gasteiger partial charge < -0.3 is 10.2 Å². The zero-order valence-electron chi connectivity index (χ0n) is 12.4. The Kier molecular flexibility index (Phi) is 6.10. The first-order valence-electron chi connectivity index (χ1n) is 7.16. The maximum Gasteiger partial charge on any atom is 0.228 e. The third-order valence-electron chi connectivity index (χ3n) is 3.29. The second-order valence-electron chi connectivity index (χ2n) is 4.75. The van der Waals surface area contributed by atoms with E-state index in [0.29, 0.717) is 29.6 Å². The molecule has 116 valence electrons. The number of nitrogens with zero attached hydrogens (tertiary/aromatic N) is 1. The number of anilines is 2. The first-order valence-corrected chi connectivity index (χ1v) is 7.92. The van der Waals surface area contributed by atoms with E-state index in [1.165, 1.54) is 0 Å². The monoisotopic (exact) mass is 336 g/mol. The molecule has 0 bridgehead atoms. The van der Waals surface area contributed by atoms with Gasteiger partial charge in [0.15, 0.2) is 0 Å². The van der Waals surface area contributed by atoms with E-state index in [-0.39, 0.29) is 5.91 Å². The molecule has 22 heavy (non-hydrogen) atoms. The van der Waals surface area contributed by atoms with Crippen LogP contribution in [0.15, 0.2) is 48.5 Å². The highest BCUT2D eigenvalue weighted by molar-refractivity contribution is 6.43. The molecule has 0 fully saturated rings. The van der Waals surface area contributed by atoms with Crippen molar-refractivity contribution in [3.63, 3.8) is 0 Å². The molecule has 0 aromatic heterocycles. The molecule has 1 N–H and O–H groups in total. The van der Waals surface area contributed by atoms with E-state index in [1.807, 2.05) is 49.4 Å². The third-order valence-corrected chi connectivity index (χ3v) is 4.11. The molecule has 2 rings (SSSR count). The minimum atomic E-state index is 0.0688. The predicted molar refractivity (Wildman–Crippen MR) is 94.0 cm³/mol. The maximum atomic E-state index is 12.3. The van der Waals surface area contributed by atoms with Crippen LogP contribution < -0.4 is 10.2 Å². The summed E-state index contributed by atoms with van der Waals surface area (Å²) >= 11 is 12.1. The van der Waals surface area contributed by atoms with Crippen LogP contribution >= 0.6 is 23.2 Å². The van der Waals surface area contributed by atoms with Gasteiger partial charge in [0.05, 0.1) is 15.7 Å². The van der Waals surface area contributed by atoms with Crippen LogP contribution in [0.5, 0.6) is 0 Å². The van der Waals surface area contributed by atoms with Crippen molar-refractivity contribution in [1.29, 1.82) is 0 Å². The molecule has 0 spiro atoms. The van der Waals surface area contributed by atoms with Crippen molar-refractivity contribution in [2.24, 2.45) is 0 Å². The molecule has 1 amide bonds. The molecule has 0 saturated carbocycles. The lowest BCUT2D eigenvalue weighted by molar-refractivity contribution is -0.118. The van der Waals surface area contributed by atoms with E-state index in [2.05, 4.69) is 5.32 Å². The van der Waals surface area contributed by atoms with E-state index >= 15 is 0 Å². The summed E-state index contributed by atoms with van der Waals surface area (Å²) in [5.41, 5.74) is 1.65. The minimum absolute atomic E-state index is 0.0688. The largest absolute Gasteiger partial charge is 0.383 e. The van der Waals surface area contributed by atoms with Gasteiger partial charge in [-0.2, -0.15) is 0 Å². The Labute approximate surface area is 140 Å². The molecule has 0 aliphatic carbocycles. The maximum absolute atomic E-state index is 12.3. The fraction of sp³-hybridized carbons (Fsp3) is 0.235. The average Bonchev–Trinajstić information content (AvgIpc) is 2.53. The molecular weight excluding hydrogens is 319 g/mol. The van der Waals surface area contributed by atoms with Gasteiger partial charge in [0.2, 0.25) is 5.91 Å². The minimum Gasteiger partial charge on any atom is -0.383 e. The van der Waals surface area contributed by atoms with Gasteiger partial charge in [-0.3, -0.25) is 4.79 Å². The van der Waals surface area contributed by atoms with Gasteiger partial charge in [0.25, 0.3) is 0 Å². The number of amides is 1. The number of hydrogen-bond donors (Lipinski definition) is 1. The van der Waals surface area contributed by atoms with E-state index in [1.54, 1.807) is 11.0 Å². The highest BCUT2D eigenvalue weighted by Gasteiger charge is 2.13. The summed E-state index contributed by atoms with van der Waals surface area (Å²) in [6, 6.07) is 15.0. The van der Waals surface area contributed by atoms with E-state index < -0.39 is 0 Å². The van der Waals surface area contributed by atoms with Crippen molar-refractivity contribution in [2.45, 2.75) is 13.3 Å². The molecule has 0 saturated heterocycles. The summed E-state index contributed by atoms with van der Waals surface area (Å²) in [4.78, 5) is 14.1. The number of carbonyl (C=O) groups excluding carboxylic acids is 1. The summed E-state index contributed by atoms with van der Waals surface area (Å²) in [5.74, 6) is 0.0688. The van der Waals surface area contributed by atoms with Crippen LogP contribution in [0, 0.1) is 0 Å². The molecule has 5 heteroatoms. The fourth-order valence-electron chi connectivity index (χ4n) is 2.19. The molecule has 0 atom stereocenters. The number of hydrogen-bond acceptors (Lipinski definition) is 2. The van der Waals surface area contributed by atoms with Crippen molar-refractivity contribution < 1.29 is 4.79 Å². The van der Waals surface area contributed by atoms with Crippen molar-refractivity contribution in [3.8, 4) is 0 Å². The van der Waals surface area contributed by atoms with Gasteiger partial charge in [-0.25, -0.2) is 0 Å².